The van der Waals surface area contributed by atoms with Crippen molar-refractivity contribution in [3.63, 3.8) is 0 Å². The number of benzene rings is 2. The fraction of sp³-hybridized carbons (Fsp3) is 0.0714. The van der Waals surface area contributed by atoms with Gasteiger partial charge in [-0.1, -0.05) is 53.5 Å². The lowest BCUT2D eigenvalue weighted by Gasteiger charge is -2.09. The number of nitrogen functional groups attached to an aromatic ring is 1. The summed E-state index contributed by atoms with van der Waals surface area (Å²) >= 11 is 11.8. The van der Waals surface area contributed by atoms with Crippen molar-refractivity contribution < 1.29 is 14.3 Å². The van der Waals surface area contributed by atoms with E-state index in [2.05, 4.69) is 0 Å². The van der Waals surface area contributed by atoms with Crippen LogP contribution in [0.1, 0.15) is 5.56 Å². The van der Waals surface area contributed by atoms with E-state index < -0.39 is 6.16 Å². The Bertz CT molecular complexity index is 617. The number of carbonyl (C=O) groups excluding carboxylic acids is 1. The Balaban J connectivity index is 1.97. The molecule has 20 heavy (non-hydrogen) atoms. The Kier molecular flexibility index (Phi) is 4.71. The molecule has 0 atom stereocenters. The summed E-state index contributed by atoms with van der Waals surface area (Å²) in [6.07, 6.45) is -0.864. The van der Waals surface area contributed by atoms with Gasteiger partial charge >= 0.3 is 6.16 Å². The summed E-state index contributed by atoms with van der Waals surface area (Å²) in [6.45, 7) is 0.111. The third kappa shape index (κ3) is 3.56. The van der Waals surface area contributed by atoms with Crippen molar-refractivity contribution in [3.05, 3.63) is 58.1 Å². The maximum Gasteiger partial charge on any atom is 0.514 e. The first-order valence-electron chi connectivity index (χ1n) is 5.70. The SMILES string of the molecule is Nc1ccc(OC(=O)OCc2ccccc2)c(Cl)c1Cl. The summed E-state index contributed by atoms with van der Waals surface area (Å²) < 4.78 is 9.93. The highest BCUT2D eigenvalue weighted by molar-refractivity contribution is 6.44. The van der Waals surface area contributed by atoms with Crippen molar-refractivity contribution in [1.29, 1.82) is 0 Å². The summed E-state index contributed by atoms with van der Waals surface area (Å²) in [5, 5.41) is 0.211. The number of ether oxygens (including phenoxy) is 2. The number of rotatable bonds is 3. The van der Waals surface area contributed by atoms with Crippen LogP contribution in [-0.4, -0.2) is 6.16 Å². The van der Waals surface area contributed by atoms with Crippen LogP contribution in [0.15, 0.2) is 42.5 Å². The van der Waals surface area contributed by atoms with E-state index in [4.69, 9.17) is 38.4 Å². The van der Waals surface area contributed by atoms with Crippen LogP contribution in [0.2, 0.25) is 10.0 Å². The molecular weight excluding hydrogens is 301 g/mol. The molecule has 2 rings (SSSR count). The summed E-state index contributed by atoms with van der Waals surface area (Å²) in [4.78, 5) is 11.6. The maximum absolute atomic E-state index is 11.6. The Morgan fingerprint density at radius 3 is 2.45 bits per heavy atom. The molecule has 104 valence electrons. The van der Waals surface area contributed by atoms with Gasteiger partial charge in [-0.25, -0.2) is 4.79 Å². The summed E-state index contributed by atoms with van der Waals surface area (Å²) in [5.74, 6) is 0.101. The number of nitrogens with two attached hydrogens (primary N) is 1. The molecule has 2 N–H and O–H groups in total. The molecule has 6 heteroatoms. The van der Waals surface area contributed by atoms with Crippen molar-refractivity contribution in [2.75, 3.05) is 5.73 Å². The standard InChI is InChI=1S/C14H11Cl2NO3/c15-12-10(17)6-7-11(13(12)16)20-14(18)19-8-9-4-2-1-3-5-9/h1-7H,8,17H2. The van der Waals surface area contributed by atoms with Crippen LogP contribution < -0.4 is 10.5 Å². The minimum atomic E-state index is -0.864. The second kappa shape index (κ2) is 6.50. The van der Waals surface area contributed by atoms with Gasteiger partial charge in [-0.05, 0) is 17.7 Å². The summed E-state index contributed by atoms with van der Waals surface area (Å²) in [6, 6.07) is 12.2. The predicted molar refractivity (Wildman–Crippen MR) is 78.1 cm³/mol. The van der Waals surface area contributed by atoms with Gasteiger partial charge in [0.1, 0.15) is 11.6 Å². The zero-order valence-corrected chi connectivity index (χ0v) is 11.8. The van der Waals surface area contributed by atoms with Crippen molar-refractivity contribution >= 4 is 35.0 Å². The van der Waals surface area contributed by atoms with E-state index in [1.54, 1.807) is 0 Å². The smallest absolute Gasteiger partial charge is 0.429 e. The fourth-order valence-electron chi connectivity index (χ4n) is 1.46. The van der Waals surface area contributed by atoms with Gasteiger partial charge in [0, 0.05) is 0 Å². The molecule has 2 aromatic rings. The third-order valence-corrected chi connectivity index (χ3v) is 3.35. The molecule has 4 nitrogen and oxygen atoms in total. The molecule has 0 heterocycles. The van der Waals surface area contributed by atoms with Gasteiger partial charge in [0.25, 0.3) is 0 Å². The Morgan fingerprint density at radius 2 is 1.75 bits per heavy atom. The van der Waals surface area contributed by atoms with Crippen molar-refractivity contribution in [1.82, 2.24) is 0 Å². The minimum absolute atomic E-state index is 0.0725. The molecule has 0 aromatic heterocycles. The Labute approximate surface area is 126 Å². The van der Waals surface area contributed by atoms with Crippen LogP contribution in [0.3, 0.4) is 0 Å². The number of hydrogen-bond donors (Lipinski definition) is 1. The average Bonchev–Trinajstić information content (AvgIpc) is 2.47. The summed E-state index contributed by atoms with van der Waals surface area (Å²) in [5.41, 5.74) is 6.73. The van der Waals surface area contributed by atoms with E-state index in [-0.39, 0.29) is 22.4 Å². The van der Waals surface area contributed by atoms with Gasteiger partial charge in [0.05, 0.1) is 10.7 Å². The Hall–Kier alpha value is -1.91. The van der Waals surface area contributed by atoms with E-state index in [0.717, 1.165) is 5.56 Å². The van der Waals surface area contributed by atoms with Crippen LogP contribution in [0, 0.1) is 0 Å². The molecule has 0 saturated heterocycles. The third-order valence-electron chi connectivity index (χ3n) is 2.47. The second-order valence-electron chi connectivity index (χ2n) is 3.91. The zero-order chi connectivity index (χ0) is 14.5. The highest BCUT2D eigenvalue weighted by Gasteiger charge is 2.13. The lowest BCUT2D eigenvalue weighted by atomic mass is 10.2. The highest BCUT2D eigenvalue weighted by Crippen LogP contribution is 2.36. The van der Waals surface area contributed by atoms with Gasteiger partial charge in [-0.3, -0.25) is 0 Å². The fourth-order valence-corrected chi connectivity index (χ4v) is 1.83. The molecule has 0 saturated carbocycles. The quantitative estimate of drug-likeness (QED) is 0.522. The first-order chi connectivity index (χ1) is 9.58. The number of hydrogen-bond acceptors (Lipinski definition) is 4. The molecule has 0 aliphatic carbocycles. The van der Waals surface area contributed by atoms with Crippen molar-refractivity contribution in [2.24, 2.45) is 0 Å². The molecule has 0 fully saturated rings. The Morgan fingerprint density at radius 1 is 1.05 bits per heavy atom. The van der Waals surface area contributed by atoms with Crippen molar-refractivity contribution in [2.45, 2.75) is 6.61 Å². The largest absolute Gasteiger partial charge is 0.514 e. The predicted octanol–water partition coefficient (Wildman–Crippen LogP) is 4.29. The molecule has 0 radical (unpaired) electrons. The lowest BCUT2D eigenvalue weighted by molar-refractivity contribution is 0.0928. The van der Waals surface area contributed by atoms with Gasteiger partial charge in [0.2, 0.25) is 0 Å². The first kappa shape index (κ1) is 14.5. The lowest BCUT2D eigenvalue weighted by Crippen LogP contribution is -2.11. The van der Waals surface area contributed by atoms with E-state index in [9.17, 15) is 4.79 Å². The van der Waals surface area contributed by atoms with Gasteiger partial charge in [0.15, 0.2) is 5.75 Å². The first-order valence-corrected chi connectivity index (χ1v) is 6.45. The van der Waals surface area contributed by atoms with Crippen LogP contribution in [-0.2, 0) is 11.3 Å². The zero-order valence-electron chi connectivity index (χ0n) is 10.3. The van der Waals surface area contributed by atoms with Gasteiger partial charge < -0.3 is 15.2 Å². The molecule has 0 aliphatic heterocycles. The van der Waals surface area contributed by atoms with Crippen LogP contribution >= 0.6 is 23.2 Å². The monoisotopic (exact) mass is 311 g/mol. The molecule has 0 bridgehead atoms. The molecule has 2 aromatic carbocycles. The topological polar surface area (TPSA) is 61.5 Å². The van der Waals surface area contributed by atoms with E-state index >= 15 is 0 Å². The van der Waals surface area contributed by atoms with Gasteiger partial charge in [-0.2, -0.15) is 0 Å². The normalized spacial score (nSPS) is 10.1. The number of carbonyl (C=O) groups is 1. The second-order valence-corrected chi connectivity index (χ2v) is 4.66. The molecule has 0 spiro atoms. The summed E-state index contributed by atoms with van der Waals surface area (Å²) in [7, 11) is 0. The van der Waals surface area contributed by atoms with Crippen LogP contribution in [0.4, 0.5) is 10.5 Å². The van der Waals surface area contributed by atoms with Crippen LogP contribution in [0.25, 0.3) is 0 Å². The van der Waals surface area contributed by atoms with E-state index in [1.165, 1.54) is 12.1 Å². The number of halogens is 2. The molecule has 0 aliphatic rings. The number of anilines is 1. The molecule has 0 unspecified atom stereocenters. The van der Waals surface area contributed by atoms with E-state index in [0.29, 0.717) is 5.69 Å². The molecule has 0 amide bonds. The highest BCUT2D eigenvalue weighted by atomic mass is 35.5. The van der Waals surface area contributed by atoms with Crippen LogP contribution in [0.5, 0.6) is 5.75 Å². The maximum atomic E-state index is 11.6. The molecular formula is C14H11Cl2NO3. The average molecular weight is 312 g/mol. The van der Waals surface area contributed by atoms with Gasteiger partial charge in [-0.15, -0.1) is 0 Å². The minimum Gasteiger partial charge on any atom is -0.429 e. The van der Waals surface area contributed by atoms with E-state index in [1.807, 2.05) is 30.3 Å². The van der Waals surface area contributed by atoms with Crippen molar-refractivity contribution in [3.8, 4) is 5.75 Å².